The molecule has 0 aliphatic carbocycles. The van der Waals surface area contributed by atoms with Gasteiger partial charge in [-0.1, -0.05) is 0 Å². The summed E-state index contributed by atoms with van der Waals surface area (Å²) in [6.07, 6.45) is 0.938. The first-order valence-electron chi connectivity index (χ1n) is 4.74. The second kappa shape index (κ2) is 3.79. The van der Waals surface area contributed by atoms with Crippen molar-refractivity contribution in [2.75, 3.05) is 13.6 Å². The lowest BCUT2D eigenvalue weighted by Crippen LogP contribution is -2.30. The molecular formula is C10H14N2OS. The molecule has 0 amide bonds. The van der Waals surface area contributed by atoms with E-state index in [1.165, 1.54) is 5.56 Å². The number of fused-ring (bicyclic) bond motifs is 1. The van der Waals surface area contributed by atoms with Crippen LogP contribution in [0, 0.1) is 0 Å². The summed E-state index contributed by atoms with van der Waals surface area (Å²) in [6.45, 7) is 1.94. The standard InChI is InChI=1S/C10H14N2OS/c1-12-3-2-9-7(5-12)4-8(6-14)10(13)11-9/h4,14H,2-3,5-6H2,1H3,(H,11,13). The van der Waals surface area contributed by atoms with Crippen LogP contribution in [0.1, 0.15) is 16.8 Å². The Morgan fingerprint density at radius 3 is 3.14 bits per heavy atom. The van der Waals surface area contributed by atoms with Crippen LogP contribution in [0.3, 0.4) is 0 Å². The summed E-state index contributed by atoms with van der Waals surface area (Å²) in [5.74, 6) is 0.506. The highest BCUT2D eigenvalue weighted by molar-refractivity contribution is 7.79. The molecule has 0 fully saturated rings. The number of thiol groups is 1. The molecule has 1 N–H and O–H groups in total. The van der Waals surface area contributed by atoms with Crippen molar-refractivity contribution < 1.29 is 0 Å². The Hall–Kier alpha value is -0.740. The third kappa shape index (κ3) is 1.72. The highest BCUT2D eigenvalue weighted by Gasteiger charge is 2.14. The number of rotatable bonds is 1. The van der Waals surface area contributed by atoms with Gasteiger partial charge < -0.3 is 9.88 Å². The van der Waals surface area contributed by atoms with Gasteiger partial charge in [-0.3, -0.25) is 4.79 Å². The van der Waals surface area contributed by atoms with Crippen LogP contribution in [-0.4, -0.2) is 23.5 Å². The van der Waals surface area contributed by atoms with Crippen LogP contribution >= 0.6 is 12.6 Å². The van der Waals surface area contributed by atoms with Gasteiger partial charge in [0.2, 0.25) is 0 Å². The third-order valence-corrected chi connectivity index (χ3v) is 2.99. The lowest BCUT2D eigenvalue weighted by atomic mass is 10.0. The molecule has 76 valence electrons. The molecule has 1 aromatic rings. The van der Waals surface area contributed by atoms with E-state index in [1.807, 2.05) is 6.07 Å². The fourth-order valence-corrected chi connectivity index (χ4v) is 2.05. The summed E-state index contributed by atoms with van der Waals surface area (Å²) in [6, 6.07) is 1.98. The van der Waals surface area contributed by atoms with Crippen LogP contribution in [-0.2, 0) is 18.7 Å². The summed E-state index contributed by atoms with van der Waals surface area (Å²) in [7, 11) is 2.09. The van der Waals surface area contributed by atoms with Crippen molar-refractivity contribution in [3.63, 3.8) is 0 Å². The molecule has 0 saturated heterocycles. The summed E-state index contributed by atoms with van der Waals surface area (Å²) in [5.41, 5.74) is 3.12. The number of hydrogen-bond acceptors (Lipinski definition) is 3. The maximum atomic E-state index is 11.5. The number of hydrogen-bond donors (Lipinski definition) is 2. The van der Waals surface area contributed by atoms with Gasteiger partial charge in [0.15, 0.2) is 0 Å². The largest absolute Gasteiger partial charge is 0.326 e. The molecule has 1 aromatic heterocycles. The monoisotopic (exact) mass is 210 g/mol. The van der Waals surface area contributed by atoms with Gasteiger partial charge in [0.05, 0.1) is 0 Å². The fraction of sp³-hybridized carbons (Fsp3) is 0.500. The Morgan fingerprint density at radius 1 is 1.64 bits per heavy atom. The molecule has 4 heteroatoms. The molecule has 0 spiro atoms. The van der Waals surface area contributed by atoms with Crippen molar-refractivity contribution in [1.29, 1.82) is 0 Å². The smallest absolute Gasteiger partial charge is 0.252 e. The van der Waals surface area contributed by atoms with Crippen molar-refractivity contribution in [2.45, 2.75) is 18.7 Å². The second-order valence-corrected chi connectivity index (χ2v) is 4.09. The van der Waals surface area contributed by atoms with Crippen LogP contribution in [0.2, 0.25) is 0 Å². The SMILES string of the molecule is CN1CCc2[nH]c(=O)c(CS)cc2C1. The molecule has 0 bridgehead atoms. The van der Waals surface area contributed by atoms with Crippen LogP contribution < -0.4 is 5.56 Å². The number of likely N-dealkylation sites (N-methyl/N-ethyl adjacent to an activating group) is 1. The van der Waals surface area contributed by atoms with Gasteiger partial charge in [-0.15, -0.1) is 0 Å². The highest BCUT2D eigenvalue weighted by Crippen LogP contribution is 2.15. The van der Waals surface area contributed by atoms with Gasteiger partial charge in [-0.05, 0) is 18.7 Å². The number of aromatic amines is 1. The normalized spacial score (nSPS) is 16.7. The summed E-state index contributed by atoms with van der Waals surface area (Å²) in [5, 5.41) is 0. The Balaban J connectivity index is 2.46. The van der Waals surface area contributed by atoms with Gasteiger partial charge in [0, 0.05) is 36.5 Å². The Kier molecular flexibility index (Phi) is 2.65. The van der Waals surface area contributed by atoms with E-state index < -0.39 is 0 Å². The zero-order valence-electron chi connectivity index (χ0n) is 8.21. The quantitative estimate of drug-likeness (QED) is 0.672. The van der Waals surface area contributed by atoms with Crippen LogP contribution in [0.25, 0.3) is 0 Å². The molecule has 14 heavy (non-hydrogen) atoms. The van der Waals surface area contributed by atoms with E-state index >= 15 is 0 Å². The maximum Gasteiger partial charge on any atom is 0.252 e. The average Bonchev–Trinajstić information content (AvgIpc) is 2.17. The molecule has 1 aliphatic rings. The lowest BCUT2D eigenvalue weighted by Gasteiger charge is -2.24. The van der Waals surface area contributed by atoms with Crippen LogP contribution in [0.4, 0.5) is 0 Å². The van der Waals surface area contributed by atoms with Crippen molar-refractivity contribution >= 4 is 12.6 Å². The van der Waals surface area contributed by atoms with E-state index in [2.05, 4.69) is 29.6 Å². The molecule has 1 aliphatic heterocycles. The minimum atomic E-state index is 0.0169. The topological polar surface area (TPSA) is 36.1 Å². The van der Waals surface area contributed by atoms with Crippen molar-refractivity contribution in [1.82, 2.24) is 9.88 Å². The second-order valence-electron chi connectivity index (χ2n) is 3.77. The summed E-state index contributed by atoms with van der Waals surface area (Å²) >= 11 is 4.14. The van der Waals surface area contributed by atoms with Crippen molar-refractivity contribution in [3.8, 4) is 0 Å². The number of aromatic nitrogens is 1. The van der Waals surface area contributed by atoms with E-state index in [9.17, 15) is 4.79 Å². The zero-order chi connectivity index (χ0) is 10.1. The number of H-pyrrole nitrogens is 1. The average molecular weight is 210 g/mol. The van der Waals surface area contributed by atoms with Crippen molar-refractivity contribution in [3.05, 3.63) is 33.2 Å². The van der Waals surface area contributed by atoms with E-state index in [1.54, 1.807) is 0 Å². The van der Waals surface area contributed by atoms with Gasteiger partial charge >= 0.3 is 0 Å². The Morgan fingerprint density at radius 2 is 2.43 bits per heavy atom. The minimum absolute atomic E-state index is 0.0169. The highest BCUT2D eigenvalue weighted by atomic mass is 32.1. The Bertz CT molecular complexity index is 400. The number of pyridine rings is 1. The number of nitrogens with zero attached hydrogens (tertiary/aromatic N) is 1. The first-order chi connectivity index (χ1) is 6.70. The molecule has 0 aromatic carbocycles. The van der Waals surface area contributed by atoms with E-state index in [0.717, 1.165) is 30.8 Å². The van der Waals surface area contributed by atoms with Crippen LogP contribution in [0.5, 0.6) is 0 Å². The van der Waals surface area contributed by atoms with Crippen LogP contribution in [0.15, 0.2) is 10.9 Å². The Labute approximate surface area is 88.5 Å². The molecular weight excluding hydrogens is 196 g/mol. The van der Waals surface area contributed by atoms with Gasteiger partial charge in [0.25, 0.3) is 5.56 Å². The third-order valence-electron chi connectivity index (χ3n) is 2.65. The maximum absolute atomic E-state index is 11.5. The summed E-state index contributed by atoms with van der Waals surface area (Å²) < 4.78 is 0. The first kappa shape index (κ1) is 9.80. The van der Waals surface area contributed by atoms with E-state index in [0.29, 0.717) is 5.75 Å². The molecule has 2 rings (SSSR count). The molecule has 0 radical (unpaired) electrons. The molecule has 0 saturated carbocycles. The summed E-state index contributed by atoms with van der Waals surface area (Å²) in [4.78, 5) is 16.7. The van der Waals surface area contributed by atoms with Crippen molar-refractivity contribution in [2.24, 2.45) is 0 Å². The first-order valence-corrected chi connectivity index (χ1v) is 5.37. The zero-order valence-corrected chi connectivity index (χ0v) is 9.10. The molecule has 0 unspecified atom stereocenters. The minimum Gasteiger partial charge on any atom is -0.326 e. The van der Waals surface area contributed by atoms with E-state index in [4.69, 9.17) is 0 Å². The predicted octanol–water partition coefficient (Wildman–Crippen LogP) is 0.793. The predicted molar refractivity (Wildman–Crippen MR) is 59.8 cm³/mol. The molecule has 0 atom stereocenters. The fourth-order valence-electron chi connectivity index (χ4n) is 1.81. The molecule has 2 heterocycles. The van der Waals surface area contributed by atoms with E-state index in [-0.39, 0.29) is 5.56 Å². The lowest BCUT2D eigenvalue weighted by molar-refractivity contribution is 0.309. The number of nitrogens with one attached hydrogen (secondary N) is 1. The molecule has 3 nitrogen and oxygen atoms in total. The van der Waals surface area contributed by atoms with Gasteiger partial charge in [0.1, 0.15) is 0 Å². The van der Waals surface area contributed by atoms with Gasteiger partial charge in [-0.25, -0.2) is 0 Å². The van der Waals surface area contributed by atoms with Gasteiger partial charge in [-0.2, -0.15) is 12.6 Å².